The summed E-state index contributed by atoms with van der Waals surface area (Å²) in [6.07, 6.45) is -4.81. The normalized spacial score (nSPS) is 22.5. The zero-order chi connectivity index (χ0) is 22.2. The molecule has 162 valence electrons. The highest BCUT2D eigenvalue weighted by Crippen LogP contribution is 2.51. The number of halogens is 4. The molecule has 2 aromatic carbocycles. The van der Waals surface area contributed by atoms with Gasteiger partial charge in [0.05, 0.1) is 5.56 Å². The monoisotopic (exact) mass is 433 g/mol. The number of nitriles is 1. The van der Waals surface area contributed by atoms with Gasteiger partial charge < -0.3 is 10.1 Å². The molecule has 5 nitrogen and oxygen atoms in total. The van der Waals surface area contributed by atoms with Crippen LogP contribution in [0.25, 0.3) is 0 Å². The Balaban J connectivity index is 1.25. The first-order chi connectivity index (χ1) is 14.7. The number of alkyl halides is 3. The number of piperidine rings is 1. The minimum atomic E-state index is -4.81. The lowest BCUT2D eigenvalue weighted by Gasteiger charge is -2.20. The van der Waals surface area contributed by atoms with E-state index >= 15 is 0 Å². The number of ether oxygens (including phenoxy) is 1. The summed E-state index contributed by atoms with van der Waals surface area (Å²) >= 11 is 0. The van der Waals surface area contributed by atoms with Crippen molar-refractivity contribution in [1.29, 1.82) is 5.26 Å². The Bertz CT molecular complexity index is 1020. The van der Waals surface area contributed by atoms with Crippen molar-refractivity contribution in [2.45, 2.75) is 12.9 Å². The van der Waals surface area contributed by atoms with Gasteiger partial charge in [0.15, 0.2) is 0 Å². The number of hydrogen-bond donors (Lipinski definition) is 1. The van der Waals surface area contributed by atoms with Gasteiger partial charge in [-0.05, 0) is 53.6 Å². The van der Waals surface area contributed by atoms with Crippen LogP contribution < -0.4 is 10.1 Å². The van der Waals surface area contributed by atoms with Gasteiger partial charge in [-0.25, -0.2) is 4.39 Å². The van der Waals surface area contributed by atoms with Gasteiger partial charge in [0, 0.05) is 31.7 Å². The van der Waals surface area contributed by atoms with Gasteiger partial charge in [0.2, 0.25) is 0 Å². The number of amides is 1. The van der Waals surface area contributed by atoms with Gasteiger partial charge in [0.1, 0.15) is 17.6 Å². The predicted octanol–water partition coefficient (Wildman–Crippen LogP) is 3.70. The molecule has 2 atom stereocenters. The molecule has 1 aliphatic carbocycles. The van der Waals surface area contributed by atoms with Crippen molar-refractivity contribution < 1.29 is 27.1 Å². The van der Waals surface area contributed by atoms with Crippen molar-refractivity contribution in [3.8, 4) is 11.8 Å². The summed E-state index contributed by atoms with van der Waals surface area (Å²) in [5.74, 6) is -0.184. The van der Waals surface area contributed by atoms with Gasteiger partial charge in [-0.3, -0.25) is 9.69 Å². The molecule has 2 aromatic rings. The lowest BCUT2D eigenvalue weighted by Crippen LogP contribution is -2.30. The van der Waals surface area contributed by atoms with Crippen LogP contribution in [0.2, 0.25) is 0 Å². The molecule has 1 aliphatic heterocycles. The molecule has 1 saturated heterocycles. The Hall–Kier alpha value is -3.12. The quantitative estimate of drug-likeness (QED) is 0.706. The van der Waals surface area contributed by atoms with E-state index in [1.165, 1.54) is 18.2 Å². The average Bonchev–Trinajstić information content (AvgIpc) is 3.17. The zero-order valence-corrected chi connectivity index (χ0v) is 16.3. The average molecular weight is 433 g/mol. The van der Waals surface area contributed by atoms with Crippen LogP contribution in [-0.4, -0.2) is 36.8 Å². The molecule has 1 N–H and O–H groups in total. The van der Waals surface area contributed by atoms with Gasteiger partial charge in [-0.1, -0.05) is 12.1 Å². The standard InChI is InChI=1S/C22H19F4N3O2/c23-20-5-4-13(6-15(20)8-27)10-29-11-18-17(19(18)12-29)9-28-21(30)14-2-1-3-16(7-14)31-22(24,25)26/h1-7,17-19H,9-12H2,(H,28,30). The van der Waals surface area contributed by atoms with Crippen LogP contribution in [0.4, 0.5) is 17.6 Å². The van der Waals surface area contributed by atoms with E-state index in [0.717, 1.165) is 30.8 Å². The Morgan fingerprint density at radius 2 is 1.94 bits per heavy atom. The fraction of sp³-hybridized carbons (Fsp3) is 0.364. The minimum absolute atomic E-state index is 0.0344. The Morgan fingerprint density at radius 3 is 2.61 bits per heavy atom. The number of hydrogen-bond acceptors (Lipinski definition) is 4. The first-order valence-corrected chi connectivity index (χ1v) is 9.78. The molecule has 0 radical (unpaired) electrons. The molecule has 0 aromatic heterocycles. The Morgan fingerprint density at radius 1 is 1.19 bits per heavy atom. The van der Waals surface area contributed by atoms with Gasteiger partial charge >= 0.3 is 6.36 Å². The summed E-state index contributed by atoms with van der Waals surface area (Å²) in [5, 5.41) is 11.7. The summed E-state index contributed by atoms with van der Waals surface area (Å²) < 4.78 is 54.3. The molecule has 9 heteroatoms. The fourth-order valence-electron chi connectivity index (χ4n) is 4.33. The number of nitrogens with zero attached hydrogens (tertiary/aromatic N) is 2. The molecule has 0 bridgehead atoms. The Kier molecular flexibility index (Phi) is 5.58. The molecule has 2 unspecified atom stereocenters. The van der Waals surface area contributed by atoms with Gasteiger partial charge in [-0.15, -0.1) is 13.2 Å². The van der Waals surface area contributed by atoms with Crippen molar-refractivity contribution in [3.05, 3.63) is 65.0 Å². The van der Waals surface area contributed by atoms with E-state index in [9.17, 15) is 22.4 Å². The summed E-state index contributed by atoms with van der Waals surface area (Å²) in [6, 6.07) is 11.4. The maximum absolute atomic E-state index is 13.4. The highest BCUT2D eigenvalue weighted by molar-refractivity contribution is 5.94. The third-order valence-corrected chi connectivity index (χ3v) is 5.83. The van der Waals surface area contributed by atoms with E-state index in [0.29, 0.717) is 30.8 Å². The molecule has 4 rings (SSSR count). The number of nitrogens with one attached hydrogen (secondary N) is 1. The molecule has 1 saturated carbocycles. The van der Waals surface area contributed by atoms with Crippen molar-refractivity contribution in [1.82, 2.24) is 10.2 Å². The highest BCUT2D eigenvalue weighted by Gasteiger charge is 2.55. The second kappa shape index (κ2) is 8.19. The van der Waals surface area contributed by atoms with Gasteiger partial charge in [-0.2, -0.15) is 5.26 Å². The van der Waals surface area contributed by atoms with E-state index in [1.54, 1.807) is 12.1 Å². The molecule has 1 amide bonds. The second-order valence-corrected chi connectivity index (χ2v) is 7.90. The third kappa shape index (κ3) is 4.97. The lowest BCUT2D eigenvalue weighted by molar-refractivity contribution is -0.274. The van der Waals surface area contributed by atoms with Crippen LogP contribution >= 0.6 is 0 Å². The molecule has 2 aliphatic rings. The summed E-state index contributed by atoms with van der Waals surface area (Å²) in [5.41, 5.74) is 1.02. The summed E-state index contributed by atoms with van der Waals surface area (Å²) in [7, 11) is 0. The van der Waals surface area contributed by atoms with E-state index in [-0.39, 0.29) is 11.1 Å². The zero-order valence-electron chi connectivity index (χ0n) is 16.3. The van der Waals surface area contributed by atoms with Crippen molar-refractivity contribution in [2.24, 2.45) is 17.8 Å². The highest BCUT2D eigenvalue weighted by atomic mass is 19.4. The van der Waals surface area contributed by atoms with Crippen molar-refractivity contribution >= 4 is 5.91 Å². The second-order valence-electron chi connectivity index (χ2n) is 7.90. The summed E-state index contributed by atoms with van der Waals surface area (Å²) in [6.45, 7) is 2.78. The number of carbonyl (C=O) groups excluding carboxylic acids is 1. The molecule has 2 fully saturated rings. The smallest absolute Gasteiger partial charge is 0.406 e. The minimum Gasteiger partial charge on any atom is -0.406 e. The topological polar surface area (TPSA) is 65.4 Å². The third-order valence-electron chi connectivity index (χ3n) is 5.83. The van der Waals surface area contributed by atoms with Crippen LogP contribution in [0.5, 0.6) is 5.75 Å². The van der Waals surface area contributed by atoms with Crippen LogP contribution in [-0.2, 0) is 6.54 Å². The molecular weight excluding hydrogens is 414 g/mol. The van der Waals surface area contributed by atoms with Gasteiger partial charge in [0.25, 0.3) is 5.91 Å². The largest absolute Gasteiger partial charge is 0.573 e. The van der Waals surface area contributed by atoms with Crippen molar-refractivity contribution in [2.75, 3.05) is 19.6 Å². The number of fused-ring (bicyclic) bond motifs is 1. The first-order valence-electron chi connectivity index (χ1n) is 9.78. The van der Waals surface area contributed by atoms with Crippen LogP contribution in [0.15, 0.2) is 42.5 Å². The molecule has 1 heterocycles. The summed E-state index contributed by atoms with van der Waals surface area (Å²) in [4.78, 5) is 14.5. The molecule has 0 spiro atoms. The van der Waals surface area contributed by atoms with Crippen LogP contribution in [0.1, 0.15) is 21.5 Å². The Labute approximate surface area is 176 Å². The number of benzene rings is 2. The fourth-order valence-corrected chi connectivity index (χ4v) is 4.33. The first kappa shape index (κ1) is 21.1. The maximum Gasteiger partial charge on any atom is 0.573 e. The van der Waals surface area contributed by atoms with Crippen molar-refractivity contribution in [3.63, 3.8) is 0 Å². The van der Waals surface area contributed by atoms with E-state index in [4.69, 9.17) is 5.26 Å². The van der Waals surface area contributed by atoms with Crippen LogP contribution in [0.3, 0.4) is 0 Å². The van der Waals surface area contributed by atoms with E-state index < -0.39 is 23.8 Å². The van der Waals surface area contributed by atoms with Crippen LogP contribution in [0, 0.1) is 34.9 Å². The number of carbonyl (C=O) groups is 1. The van der Waals surface area contributed by atoms with E-state index in [1.807, 2.05) is 6.07 Å². The maximum atomic E-state index is 13.4. The number of rotatable bonds is 6. The molecular formula is C22H19F4N3O2. The number of likely N-dealkylation sites (tertiary alicyclic amines) is 1. The SMILES string of the molecule is N#Cc1cc(CN2CC3C(CNC(=O)c4cccc(OC(F)(F)F)c4)C3C2)ccc1F. The molecule has 31 heavy (non-hydrogen) atoms. The van der Waals surface area contributed by atoms with E-state index in [2.05, 4.69) is 15.0 Å². The lowest BCUT2D eigenvalue weighted by atomic mass is 10.1. The predicted molar refractivity (Wildman–Crippen MR) is 102 cm³/mol.